The number of hydrogen-bond donors (Lipinski definition) is 2. The van der Waals surface area contributed by atoms with Crippen LogP contribution < -0.4 is 4.72 Å². The Labute approximate surface area is 121 Å². The van der Waals surface area contributed by atoms with Crippen molar-refractivity contribution in [2.75, 3.05) is 6.54 Å². The molecule has 2 N–H and O–H groups in total. The minimum Gasteiger partial charge on any atom is -0.392 e. The topological polar surface area (TPSA) is 66.4 Å². The molecule has 0 radical (unpaired) electrons. The molecule has 0 heterocycles. The van der Waals surface area contributed by atoms with Crippen LogP contribution in [0.4, 0.5) is 0 Å². The predicted molar refractivity (Wildman–Crippen MR) is 78.9 cm³/mol. The van der Waals surface area contributed by atoms with E-state index >= 15 is 0 Å². The molecule has 4 nitrogen and oxygen atoms in total. The van der Waals surface area contributed by atoms with Crippen LogP contribution in [0.2, 0.25) is 0 Å². The van der Waals surface area contributed by atoms with Gasteiger partial charge in [-0.1, -0.05) is 25.3 Å². The zero-order valence-electron chi connectivity index (χ0n) is 11.9. The molecule has 5 heteroatoms. The molecule has 1 aromatic rings. The van der Waals surface area contributed by atoms with Crippen LogP contribution in [0.25, 0.3) is 0 Å². The highest BCUT2D eigenvalue weighted by Gasteiger charge is 2.19. The molecule has 0 aromatic heterocycles. The summed E-state index contributed by atoms with van der Waals surface area (Å²) >= 11 is 0. The largest absolute Gasteiger partial charge is 0.392 e. The van der Waals surface area contributed by atoms with E-state index in [1.807, 2.05) is 6.92 Å². The second kappa shape index (κ2) is 6.70. The second-order valence-corrected chi connectivity index (χ2v) is 7.37. The number of nitrogens with one attached hydrogen (secondary N) is 1. The molecule has 1 aromatic carbocycles. The van der Waals surface area contributed by atoms with Crippen molar-refractivity contribution in [1.82, 2.24) is 4.72 Å². The van der Waals surface area contributed by atoms with Crippen LogP contribution in [-0.2, 0) is 16.6 Å². The van der Waals surface area contributed by atoms with E-state index in [9.17, 15) is 13.5 Å². The minimum absolute atomic E-state index is 0.141. The Morgan fingerprint density at radius 2 is 1.95 bits per heavy atom. The number of aliphatic hydroxyl groups excluding tert-OH is 1. The van der Waals surface area contributed by atoms with Gasteiger partial charge in [-0.3, -0.25) is 0 Å². The van der Waals surface area contributed by atoms with Crippen LogP contribution in [0, 0.1) is 12.8 Å². The van der Waals surface area contributed by atoms with Crippen LogP contribution in [-0.4, -0.2) is 20.1 Å². The molecule has 0 atom stereocenters. The highest BCUT2D eigenvalue weighted by Crippen LogP contribution is 2.23. The van der Waals surface area contributed by atoms with Gasteiger partial charge in [-0.2, -0.15) is 0 Å². The number of benzene rings is 1. The summed E-state index contributed by atoms with van der Waals surface area (Å²) in [5.74, 6) is 0.460. The third-order valence-corrected chi connectivity index (χ3v) is 5.51. The van der Waals surface area contributed by atoms with Crippen LogP contribution in [0.1, 0.15) is 43.2 Å². The molecule has 2 rings (SSSR count). The first-order valence-electron chi connectivity index (χ1n) is 7.23. The van der Waals surface area contributed by atoms with E-state index in [-0.39, 0.29) is 11.5 Å². The molecule has 0 saturated heterocycles. The number of aryl methyl sites for hydroxylation is 1. The fraction of sp³-hybridized carbons (Fsp3) is 0.600. The van der Waals surface area contributed by atoms with Crippen molar-refractivity contribution >= 4 is 10.0 Å². The summed E-state index contributed by atoms with van der Waals surface area (Å²) in [6.07, 6.45) is 5.88. The summed E-state index contributed by atoms with van der Waals surface area (Å²) in [7, 11) is -3.47. The third kappa shape index (κ3) is 3.81. The van der Waals surface area contributed by atoms with Gasteiger partial charge in [-0.15, -0.1) is 0 Å². The first-order chi connectivity index (χ1) is 9.53. The Hall–Kier alpha value is -0.910. The van der Waals surface area contributed by atoms with Gasteiger partial charge in [-0.25, -0.2) is 13.1 Å². The summed E-state index contributed by atoms with van der Waals surface area (Å²) in [6, 6.07) is 4.89. The number of sulfonamides is 1. The molecule has 1 aliphatic rings. The fourth-order valence-corrected chi connectivity index (χ4v) is 3.85. The van der Waals surface area contributed by atoms with Crippen LogP contribution in [0.5, 0.6) is 0 Å². The molecule has 20 heavy (non-hydrogen) atoms. The standard InChI is InChI=1S/C15H23NO3S/c1-12-7-8-15(9-14(12)11-17)20(18,19)16-10-13-5-3-2-4-6-13/h7-9,13,16-17H,2-6,10-11H2,1H3. The Balaban J connectivity index is 2.05. The summed E-state index contributed by atoms with van der Waals surface area (Å²) in [6.45, 7) is 2.24. The minimum atomic E-state index is -3.47. The first-order valence-corrected chi connectivity index (χ1v) is 8.71. The Morgan fingerprint density at radius 1 is 1.25 bits per heavy atom. The molecule has 0 unspecified atom stereocenters. The molecule has 0 spiro atoms. The smallest absolute Gasteiger partial charge is 0.240 e. The zero-order valence-corrected chi connectivity index (χ0v) is 12.7. The summed E-state index contributed by atoms with van der Waals surface area (Å²) in [5.41, 5.74) is 1.56. The van der Waals surface area contributed by atoms with Crippen molar-refractivity contribution in [2.24, 2.45) is 5.92 Å². The zero-order chi connectivity index (χ0) is 14.6. The lowest BCUT2D eigenvalue weighted by Crippen LogP contribution is -2.30. The van der Waals surface area contributed by atoms with Gasteiger partial charge in [0.1, 0.15) is 0 Å². The van der Waals surface area contributed by atoms with Gasteiger partial charge < -0.3 is 5.11 Å². The van der Waals surface area contributed by atoms with Crippen molar-refractivity contribution in [2.45, 2.75) is 50.5 Å². The van der Waals surface area contributed by atoms with E-state index < -0.39 is 10.0 Å². The third-order valence-electron chi connectivity index (χ3n) is 4.09. The molecule has 0 amide bonds. The van der Waals surface area contributed by atoms with Gasteiger partial charge in [-0.05, 0) is 48.9 Å². The van der Waals surface area contributed by atoms with E-state index in [4.69, 9.17) is 0 Å². The van der Waals surface area contributed by atoms with Crippen molar-refractivity contribution in [1.29, 1.82) is 0 Å². The Kier molecular flexibility index (Phi) is 5.18. The maximum Gasteiger partial charge on any atom is 0.240 e. The van der Waals surface area contributed by atoms with Crippen molar-refractivity contribution in [3.8, 4) is 0 Å². The quantitative estimate of drug-likeness (QED) is 0.876. The average molecular weight is 297 g/mol. The summed E-state index contributed by atoms with van der Waals surface area (Å²) in [4.78, 5) is 0.239. The molecular weight excluding hydrogens is 274 g/mol. The van der Waals surface area contributed by atoms with Gasteiger partial charge in [0, 0.05) is 6.54 Å². The van der Waals surface area contributed by atoms with E-state index in [1.54, 1.807) is 18.2 Å². The molecule has 0 bridgehead atoms. The number of aliphatic hydroxyl groups is 1. The van der Waals surface area contributed by atoms with Crippen LogP contribution >= 0.6 is 0 Å². The average Bonchev–Trinajstić information content (AvgIpc) is 2.46. The van der Waals surface area contributed by atoms with Gasteiger partial charge in [0.05, 0.1) is 11.5 Å². The number of rotatable bonds is 5. The van der Waals surface area contributed by atoms with E-state index in [0.717, 1.165) is 18.4 Å². The van der Waals surface area contributed by atoms with Gasteiger partial charge in [0.25, 0.3) is 0 Å². The Morgan fingerprint density at radius 3 is 2.60 bits per heavy atom. The highest BCUT2D eigenvalue weighted by atomic mass is 32.2. The van der Waals surface area contributed by atoms with Crippen molar-refractivity contribution in [3.05, 3.63) is 29.3 Å². The molecular formula is C15H23NO3S. The fourth-order valence-electron chi connectivity index (χ4n) is 2.69. The van der Waals surface area contributed by atoms with Crippen LogP contribution in [0.3, 0.4) is 0 Å². The first kappa shape index (κ1) is 15.5. The molecule has 1 saturated carbocycles. The van der Waals surface area contributed by atoms with E-state index in [1.165, 1.54) is 19.3 Å². The number of hydrogen-bond acceptors (Lipinski definition) is 3. The molecule has 1 fully saturated rings. The van der Waals surface area contributed by atoms with Crippen molar-refractivity contribution < 1.29 is 13.5 Å². The maximum atomic E-state index is 12.3. The Bertz CT molecular complexity index is 548. The van der Waals surface area contributed by atoms with Crippen molar-refractivity contribution in [3.63, 3.8) is 0 Å². The maximum absolute atomic E-state index is 12.3. The summed E-state index contributed by atoms with van der Waals surface area (Å²) in [5, 5.41) is 9.23. The highest BCUT2D eigenvalue weighted by molar-refractivity contribution is 7.89. The monoisotopic (exact) mass is 297 g/mol. The van der Waals surface area contributed by atoms with Gasteiger partial charge in [0.15, 0.2) is 0 Å². The molecule has 1 aliphatic carbocycles. The van der Waals surface area contributed by atoms with E-state index in [2.05, 4.69) is 4.72 Å². The SMILES string of the molecule is Cc1ccc(S(=O)(=O)NCC2CCCCC2)cc1CO. The molecule has 0 aliphatic heterocycles. The van der Waals surface area contributed by atoms with E-state index in [0.29, 0.717) is 18.0 Å². The second-order valence-electron chi connectivity index (χ2n) is 5.60. The predicted octanol–water partition coefficient (Wildman–Crippen LogP) is 2.35. The molecule has 112 valence electrons. The lowest BCUT2D eigenvalue weighted by atomic mass is 9.90. The normalized spacial score (nSPS) is 17.3. The van der Waals surface area contributed by atoms with Gasteiger partial charge >= 0.3 is 0 Å². The van der Waals surface area contributed by atoms with Gasteiger partial charge in [0.2, 0.25) is 10.0 Å². The lowest BCUT2D eigenvalue weighted by Gasteiger charge is -2.21. The van der Waals surface area contributed by atoms with Crippen LogP contribution in [0.15, 0.2) is 23.1 Å². The lowest BCUT2D eigenvalue weighted by molar-refractivity contribution is 0.280. The summed E-state index contributed by atoms with van der Waals surface area (Å²) < 4.78 is 27.2.